The molecule has 4 nitrogen and oxygen atoms in total. The lowest BCUT2D eigenvalue weighted by molar-refractivity contribution is -0.148. The number of rotatable bonds is 2. The second-order valence-electron chi connectivity index (χ2n) is 5.53. The van der Waals surface area contributed by atoms with Crippen molar-refractivity contribution in [2.75, 3.05) is 6.61 Å². The van der Waals surface area contributed by atoms with Crippen LogP contribution in [0.15, 0.2) is 12.7 Å². The summed E-state index contributed by atoms with van der Waals surface area (Å²) >= 11 is 0. The van der Waals surface area contributed by atoms with Gasteiger partial charge >= 0.3 is 11.9 Å². The lowest BCUT2D eigenvalue weighted by atomic mass is 9.71. The summed E-state index contributed by atoms with van der Waals surface area (Å²) in [4.78, 5) is 22.6. The van der Waals surface area contributed by atoms with Crippen molar-refractivity contribution in [3.8, 4) is 0 Å². The summed E-state index contributed by atoms with van der Waals surface area (Å²) in [7, 11) is 0. The molecule has 4 heteroatoms. The molecule has 1 heterocycles. The molecule has 1 saturated heterocycles. The standard InChI is InChI=1S/C13H16O4/c1-2-11(14)17-10-4-8-3-9(10)13(5-8)6-12(15)16-7-13/h2,8-10H,1,3-7H2. The fourth-order valence-electron chi connectivity index (χ4n) is 3.95. The zero-order chi connectivity index (χ0) is 12.0. The minimum atomic E-state index is -0.358. The molecule has 2 bridgehead atoms. The highest BCUT2D eigenvalue weighted by molar-refractivity contribution is 5.81. The van der Waals surface area contributed by atoms with Crippen molar-refractivity contribution < 1.29 is 19.1 Å². The summed E-state index contributed by atoms with van der Waals surface area (Å²) in [5.74, 6) is 0.411. The Hall–Kier alpha value is -1.32. The van der Waals surface area contributed by atoms with Crippen LogP contribution in [0.1, 0.15) is 25.7 Å². The second-order valence-corrected chi connectivity index (χ2v) is 5.53. The SMILES string of the molecule is C=CC(=O)OC1CC2CC1C1(COC(=O)C1)C2. The Morgan fingerprint density at radius 3 is 2.94 bits per heavy atom. The van der Waals surface area contributed by atoms with Gasteiger partial charge in [-0.25, -0.2) is 4.79 Å². The summed E-state index contributed by atoms with van der Waals surface area (Å²) in [6.07, 6.45) is 4.69. The average molecular weight is 236 g/mol. The van der Waals surface area contributed by atoms with E-state index < -0.39 is 0 Å². The summed E-state index contributed by atoms with van der Waals surface area (Å²) < 4.78 is 10.5. The van der Waals surface area contributed by atoms with E-state index in [1.54, 1.807) is 0 Å². The van der Waals surface area contributed by atoms with Gasteiger partial charge in [-0.2, -0.15) is 0 Å². The van der Waals surface area contributed by atoms with E-state index in [-0.39, 0.29) is 23.5 Å². The number of hydrogen-bond donors (Lipinski definition) is 0. The van der Waals surface area contributed by atoms with Crippen LogP contribution in [0.4, 0.5) is 0 Å². The van der Waals surface area contributed by atoms with E-state index in [0.29, 0.717) is 24.9 Å². The van der Waals surface area contributed by atoms with E-state index >= 15 is 0 Å². The summed E-state index contributed by atoms with van der Waals surface area (Å²) in [6, 6.07) is 0. The molecule has 2 aliphatic carbocycles. The normalized spacial score (nSPS) is 42.8. The highest BCUT2D eigenvalue weighted by Crippen LogP contribution is 2.60. The maximum atomic E-state index is 11.3. The van der Waals surface area contributed by atoms with Crippen LogP contribution in [-0.4, -0.2) is 24.6 Å². The van der Waals surface area contributed by atoms with Gasteiger partial charge in [0.1, 0.15) is 6.10 Å². The van der Waals surface area contributed by atoms with E-state index in [9.17, 15) is 9.59 Å². The van der Waals surface area contributed by atoms with Crippen LogP contribution < -0.4 is 0 Å². The van der Waals surface area contributed by atoms with Crippen LogP contribution in [-0.2, 0) is 19.1 Å². The maximum Gasteiger partial charge on any atom is 0.330 e. The Bertz CT molecular complexity index is 389. The lowest BCUT2D eigenvalue weighted by Crippen LogP contribution is -2.38. The third-order valence-corrected chi connectivity index (χ3v) is 4.53. The molecule has 0 N–H and O–H groups in total. The van der Waals surface area contributed by atoms with Gasteiger partial charge in [0.15, 0.2) is 0 Å². The molecule has 0 radical (unpaired) electrons. The van der Waals surface area contributed by atoms with Crippen LogP contribution in [0, 0.1) is 17.3 Å². The summed E-state index contributed by atoms with van der Waals surface area (Å²) in [5.41, 5.74) is -0.0495. The first-order chi connectivity index (χ1) is 8.13. The zero-order valence-electron chi connectivity index (χ0n) is 9.69. The Morgan fingerprint density at radius 2 is 2.35 bits per heavy atom. The average Bonchev–Trinajstić information content (AvgIpc) is 2.93. The highest BCUT2D eigenvalue weighted by Gasteiger charge is 2.60. The molecule has 4 atom stereocenters. The molecule has 92 valence electrons. The van der Waals surface area contributed by atoms with Gasteiger partial charge in [0.25, 0.3) is 0 Å². The number of esters is 2. The topological polar surface area (TPSA) is 52.6 Å². The Labute approximate surface area is 100.0 Å². The van der Waals surface area contributed by atoms with Crippen molar-refractivity contribution in [1.82, 2.24) is 0 Å². The van der Waals surface area contributed by atoms with Crippen LogP contribution in [0.25, 0.3) is 0 Å². The number of hydrogen-bond acceptors (Lipinski definition) is 4. The van der Waals surface area contributed by atoms with Crippen molar-refractivity contribution >= 4 is 11.9 Å². The van der Waals surface area contributed by atoms with Crippen molar-refractivity contribution in [3.05, 3.63) is 12.7 Å². The van der Waals surface area contributed by atoms with E-state index in [0.717, 1.165) is 19.3 Å². The quantitative estimate of drug-likeness (QED) is 0.538. The smallest absolute Gasteiger partial charge is 0.330 e. The summed E-state index contributed by atoms with van der Waals surface area (Å²) in [6.45, 7) is 3.92. The molecular weight excluding hydrogens is 220 g/mol. The van der Waals surface area contributed by atoms with Crippen LogP contribution in [0.5, 0.6) is 0 Å². The van der Waals surface area contributed by atoms with Crippen molar-refractivity contribution in [3.63, 3.8) is 0 Å². The molecule has 3 rings (SSSR count). The fraction of sp³-hybridized carbons (Fsp3) is 0.692. The first-order valence-electron chi connectivity index (χ1n) is 6.12. The van der Waals surface area contributed by atoms with E-state index in [1.165, 1.54) is 6.08 Å². The minimum Gasteiger partial charge on any atom is -0.465 e. The third-order valence-electron chi connectivity index (χ3n) is 4.53. The van der Waals surface area contributed by atoms with Gasteiger partial charge < -0.3 is 9.47 Å². The Balaban J connectivity index is 1.76. The van der Waals surface area contributed by atoms with Gasteiger partial charge in [-0.15, -0.1) is 0 Å². The van der Waals surface area contributed by atoms with Crippen LogP contribution >= 0.6 is 0 Å². The number of cyclic esters (lactones) is 1. The molecule has 0 aromatic heterocycles. The third kappa shape index (κ3) is 1.58. The monoisotopic (exact) mass is 236 g/mol. The number of ether oxygens (including phenoxy) is 2. The first-order valence-corrected chi connectivity index (χ1v) is 6.12. The number of carbonyl (C=O) groups excluding carboxylic acids is 2. The van der Waals surface area contributed by atoms with Crippen LogP contribution in [0.2, 0.25) is 0 Å². The van der Waals surface area contributed by atoms with Gasteiger partial charge in [0, 0.05) is 17.4 Å². The van der Waals surface area contributed by atoms with Gasteiger partial charge in [-0.1, -0.05) is 6.58 Å². The molecule has 0 amide bonds. The predicted octanol–water partition coefficient (Wildman–Crippen LogP) is 1.45. The van der Waals surface area contributed by atoms with Gasteiger partial charge in [-0.05, 0) is 25.2 Å². The van der Waals surface area contributed by atoms with Gasteiger partial charge in [0.2, 0.25) is 0 Å². The van der Waals surface area contributed by atoms with E-state index in [2.05, 4.69) is 6.58 Å². The molecule has 0 aromatic carbocycles. The Kier molecular flexibility index (Phi) is 2.28. The molecule has 2 saturated carbocycles. The zero-order valence-corrected chi connectivity index (χ0v) is 9.69. The maximum absolute atomic E-state index is 11.3. The molecule has 17 heavy (non-hydrogen) atoms. The van der Waals surface area contributed by atoms with Crippen LogP contribution in [0.3, 0.4) is 0 Å². The van der Waals surface area contributed by atoms with Gasteiger partial charge in [0.05, 0.1) is 13.0 Å². The molecule has 3 fully saturated rings. The molecular formula is C13H16O4. The Morgan fingerprint density at radius 1 is 1.53 bits per heavy atom. The van der Waals surface area contributed by atoms with Gasteiger partial charge in [-0.3, -0.25) is 4.79 Å². The molecule has 4 unspecified atom stereocenters. The highest BCUT2D eigenvalue weighted by atomic mass is 16.5. The lowest BCUT2D eigenvalue weighted by Gasteiger charge is -2.35. The van der Waals surface area contributed by atoms with E-state index in [4.69, 9.17) is 9.47 Å². The number of fused-ring (bicyclic) bond motifs is 3. The molecule has 1 aliphatic heterocycles. The van der Waals surface area contributed by atoms with Crippen molar-refractivity contribution in [1.29, 1.82) is 0 Å². The van der Waals surface area contributed by atoms with E-state index in [1.807, 2.05) is 0 Å². The largest absolute Gasteiger partial charge is 0.465 e. The van der Waals surface area contributed by atoms with Crippen molar-refractivity contribution in [2.45, 2.75) is 31.8 Å². The van der Waals surface area contributed by atoms with Crippen molar-refractivity contribution in [2.24, 2.45) is 17.3 Å². The fourth-order valence-corrected chi connectivity index (χ4v) is 3.95. The number of carbonyl (C=O) groups is 2. The summed E-state index contributed by atoms with van der Waals surface area (Å²) in [5, 5.41) is 0. The predicted molar refractivity (Wildman–Crippen MR) is 58.9 cm³/mol. The first kappa shape index (κ1) is 10.8. The molecule has 1 spiro atoms. The second kappa shape index (κ2) is 3.59. The minimum absolute atomic E-state index is 0.0475. The molecule has 3 aliphatic rings. The molecule has 0 aromatic rings.